The molecule has 1 rings (SSSR count). The minimum absolute atomic E-state index is 0.0701. The number of hydrogen-bond acceptors (Lipinski definition) is 5. The van der Waals surface area contributed by atoms with Gasteiger partial charge in [-0.2, -0.15) is 0 Å². The Hall–Kier alpha value is -1.34. The molecule has 1 amide bonds. The number of carboxylic acids is 1. The molecule has 7 heteroatoms. The second-order valence-corrected chi connectivity index (χ2v) is 5.70. The van der Waals surface area contributed by atoms with E-state index < -0.39 is 35.7 Å². The Morgan fingerprint density at radius 1 is 1.47 bits per heavy atom. The van der Waals surface area contributed by atoms with Crippen molar-refractivity contribution in [3.63, 3.8) is 0 Å². The molecule has 1 saturated heterocycles. The van der Waals surface area contributed by atoms with Gasteiger partial charge in [0.2, 0.25) is 0 Å². The van der Waals surface area contributed by atoms with Gasteiger partial charge in [-0.1, -0.05) is 0 Å². The molecule has 1 unspecified atom stereocenters. The minimum atomic E-state index is -1.22. The second-order valence-electron chi connectivity index (χ2n) is 5.70. The van der Waals surface area contributed by atoms with Gasteiger partial charge < -0.3 is 25.0 Å². The quantitative estimate of drug-likeness (QED) is 0.690. The Labute approximate surface area is 111 Å². The summed E-state index contributed by atoms with van der Waals surface area (Å²) >= 11 is 0. The molecule has 2 atom stereocenters. The Morgan fingerprint density at radius 3 is 2.53 bits per heavy atom. The fraction of sp³-hybridized carbons (Fsp3) is 0.833. The third kappa shape index (κ3) is 4.68. The molecule has 0 aromatic carbocycles. The topological polar surface area (TPSA) is 105 Å². The molecular weight excluding hydrogens is 254 g/mol. The number of aliphatic carboxylic acids is 1. The zero-order chi connectivity index (χ0) is 14.7. The number of rotatable bonds is 4. The van der Waals surface area contributed by atoms with Crippen LogP contribution >= 0.6 is 0 Å². The van der Waals surface area contributed by atoms with Crippen LogP contribution in [0.5, 0.6) is 0 Å². The maximum atomic E-state index is 11.8. The number of nitrogens with one attached hydrogen (secondary N) is 1. The third-order valence-corrected chi connectivity index (χ3v) is 2.81. The van der Waals surface area contributed by atoms with Gasteiger partial charge in [0.25, 0.3) is 0 Å². The first-order chi connectivity index (χ1) is 8.65. The maximum Gasteiger partial charge on any atom is 0.408 e. The molecule has 1 aliphatic rings. The molecule has 7 nitrogen and oxygen atoms in total. The number of hydrogen-bond donors (Lipinski definition) is 3. The number of aliphatic hydroxyl groups is 1. The van der Waals surface area contributed by atoms with Crippen LogP contribution in [0.15, 0.2) is 0 Å². The van der Waals surface area contributed by atoms with Gasteiger partial charge in [-0.15, -0.1) is 0 Å². The van der Waals surface area contributed by atoms with E-state index >= 15 is 0 Å². The van der Waals surface area contributed by atoms with E-state index in [4.69, 9.17) is 14.6 Å². The van der Waals surface area contributed by atoms with E-state index in [0.29, 0.717) is 13.0 Å². The first kappa shape index (κ1) is 15.7. The minimum Gasteiger partial charge on any atom is -0.481 e. The van der Waals surface area contributed by atoms with Gasteiger partial charge in [-0.3, -0.25) is 4.79 Å². The van der Waals surface area contributed by atoms with E-state index in [2.05, 4.69) is 5.32 Å². The number of carbonyl (C=O) groups is 2. The van der Waals surface area contributed by atoms with E-state index in [1.165, 1.54) is 0 Å². The van der Waals surface area contributed by atoms with E-state index in [0.717, 1.165) is 0 Å². The monoisotopic (exact) mass is 275 g/mol. The predicted octanol–water partition coefficient (Wildman–Crippen LogP) is 0.506. The largest absolute Gasteiger partial charge is 0.481 e. The maximum absolute atomic E-state index is 11.8. The standard InChI is InChI=1S/C12H21NO6/c1-11(2,3)19-10(17)13-12(4-5-18-7-12)8(14)6-9(15)16/h8,14H,4-7H2,1-3H3,(H,13,17)(H,15,16)/t8-,12?/m0/s1. The van der Waals surface area contributed by atoms with Gasteiger partial charge in [0.15, 0.2) is 0 Å². The van der Waals surface area contributed by atoms with Gasteiger partial charge in [-0.25, -0.2) is 4.79 Å². The van der Waals surface area contributed by atoms with Crippen molar-refractivity contribution in [3.8, 4) is 0 Å². The van der Waals surface area contributed by atoms with Gasteiger partial charge in [0.1, 0.15) is 5.60 Å². The first-order valence-electron chi connectivity index (χ1n) is 6.13. The third-order valence-electron chi connectivity index (χ3n) is 2.81. The molecule has 1 fully saturated rings. The molecule has 0 saturated carbocycles. The highest BCUT2D eigenvalue weighted by Crippen LogP contribution is 2.25. The Bertz CT molecular complexity index is 343. The van der Waals surface area contributed by atoms with Crippen LogP contribution in [0.3, 0.4) is 0 Å². The number of carboxylic acid groups (broad SMARTS) is 1. The molecule has 0 aliphatic carbocycles. The molecule has 0 spiro atoms. The summed E-state index contributed by atoms with van der Waals surface area (Å²) in [6, 6.07) is 0. The molecule has 1 heterocycles. The summed E-state index contributed by atoms with van der Waals surface area (Å²) in [6.45, 7) is 5.58. The van der Waals surface area contributed by atoms with Crippen LogP contribution in [0.25, 0.3) is 0 Å². The van der Waals surface area contributed by atoms with Crippen molar-refractivity contribution in [2.24, 2.45) is 0 Å². The van der Waals surface area contributed by atoms with Crippen LogP contribution in [0.1, 0.15) is 33.6 Å². The molecule has 1 aliphatic heterocycles. The molecular formula is C12H21NO6. The highest BCUT2D eigenvalue weighted by atomic mass is 16.6. The highest BCUT2D eigenvalue weighted by molar-refractivity contribution is 5.70. The average Bonchev–Trinajstić information content (AvgIpc) is 2.63. The van der Waals surface area contributed by atoms with Crippen molar-refractivity contribution < 1.29 is 29.3 Å². The summed E-state index contributed by atoms with van der Waals surface area (Å²) in [5, 5.41) is 21.3. The first-order valence-corrected chi connectivity index (χ1v) is 6.13. The lowest BCUT2D eigenvalue weighted by atomic mass is 9.89. The molecule has 0 radical (unpaired) electrons. The van der Waals surface area contributed by atoms with E-state index in [9.17, 15) is 14.7 Å². The second kappa shape index (κ2) is 5.75. The zero-order valence-corrected chi connectivity index (χ0v) is 11.4. The average molecular weight is 275 g/mol. The summed E-state index contributed by atoms with van der Waals surface area (Å²) in [5.74, 6) is -1.13. The summed E-state index contributed by atoms with van der Waals surface area (Å²) in [5.41, 5.74) is -1.76. The van der Waals surface area contributed by atoms with Gasteiger partial charge >= 0.3 is 12.1 Å². The van der Waals surface area contributed by atoms with E-state index in [1.807, 2.05) is 0 Å². The Balaban J connectivity index is 2.71. The van der Waals surface area contributed by atoms with Crippen molar-refractivity contribution in [2.75, 3.05) is 13.2 Å². The van der Waals surface area contributed by atoms with Crippen molar-refractivity contribution in [2.45, 2.75) is 50.9 Å². The molecule has 110 valence electrons. The lowest BCUT2D eigenvalue weighted by Crippen LogP contribution is -2.58. The zero-order valence-electron chi connectivity index (χ0n) is 11.4. The number of amides is 1. The smallest absolute Gasteiger partial charge is 0.408 e. The normalized spacial score (nSPS) is 24.8. The van der Waals surface area contributed by atoms with Gasteiger partial charge in [-0.05, 0) is 27.2 Å². The summed E-state index contributed by atoms with van der Waals surface area (Å²) in [7, 11) is 0. The van der Waals surface area contributed by atoms with Crippen molar-refractivity contribution >= 4 is 12.1 Å². The van der Waals surface area contributed by atoms with Crippen LogP contribution in [-0.2, 0) is 14.3 Å². The molecule has 3 N–H and O–H groups in total. The fourth-order valence-electron chi connectivity index (χ4n) is 1.89. The van der Waals surface area contributed by atoms with Crippen LogP contribution in [0.4, 0.5) is 4.79 Å². The predicted molar refractivity (Wildman–Crippen MR) is 65.8 cm³/mol. The lowest BCUT2D eigenvalue weighted by molar-refractivity contribution is -0.140. The summed E-state index contributed by atoms with van der Waals surface area (Å²) in [4.78, 5) is 22.4. The number of ether oxygens (including phenoxy) is 2. The van der Waals surface area contributed by atoms with Crippen LogP contribution in [0.2, 0.25) is 0 Å². The number of alkyl carbamates (subject to hydrolysis) is 1. The molecule has 19 heavy (non-hydrogen) atoms. The van der Waals surface area contributed by atoms with E-state index in [1.54, 1.807) is 20.8 Å². The highest BCUT2D eigenvalue weighted by Gasteiger charge is 2.44. The van der Waals surface area contributed by atoms with Crippen LogP contribution in [-0.4, -0.2) is 52.7 Å². The summed E-state index contributed by atoms with van der Waals surface area (Å²) < 4.78 is 10.3. The molecule has 0 aromatic rings. The van der Waals surface area contributed by atoms with Crippen molar-refractivity contribution in [1.29, 1.82) is 0 Å². The van der Waals surface area contributed by atoms with Crippen LogP contribution < -0.4 is 5.32 Å². The fourth-order valence-corrected chi connectivity index (χ4v) is 1.89. The molecule has 0 aromatic heterocycles. The SMILES string of the molecule is CC(C)(C)OC(=O)NC1([C@@H](O)CC(=O)O)CCOC1. The van der Waals surface area contributed by atoms with Gasteiger partial charge in [0, 0.05) is 6.61 Å². The number of carbonyl (C=O) groups excluding carboxylic acids is 1. The van der Waals surface area contributed by atoms with Gasteiger partial charge in [0.05, 0.1) is 24.7 Å². The Morgan fingerprint density at radius 2 is 2.11 bits per heavy atom. The lowest BCUT2D eigenvalue weighted by Gasteiger charge is -2.33. The Kier molecular flexibility index (Phi) is 4.75. The van der Waals surface area contributed by atoms with E-state index in [-0.39, 0.29) is 6.61 Å². The van der Waals surface area contributed by atoms with Crippen molar-refractivity contribution in [1.82, 2.24) is 5.32 Å². The summed E-state index contributed by atoms with van der Waals surface area (Å²) in [6.07, 6.45) is -2.03. The van der Waals surface area contributed by atoms with Crippen molar-refractivity contribution in [3.05, 3.63) is 0 Å². The van der Waals surface area contributed by atoms with Crippen LogP contribution in [0, 0.1) is 0 Å². The molecule has 0 bridgehead atoms. The number of aliphatic hydroxyl groups excluding tert-OH is 1.